The molecular formula is C13H7ClFN3O2S2. The zero-order valence-corrected chi connectivity index (χ0v) is 13.1. The Bertz CT molecular complexity index is 1020. The number of halogens is 2. The van der Waals surface area contributed by atoms with Gasteiger partial charge in [-0.05, 0) is 24.3 Å². The van der Waals surface area contributed by atoms with Gasteiger partial charge in [0.05, 0.1) is 21.7 Å². The van der Waals surface area contributed by atoms with Crippen molar-refractivity contribution < 1.29 is 12.8 Å². The van der Waals surface area contributed by atoms with E-state index in [1.807, 2.05) is 0 Å². The number of nitriles is 1. The minimum Gasteiger partial charge on any atom is -0.352 e. The molecule has 0 amide bonds. The fourth-order valence-corrected chi connectivity index (χ4v) is 4.35. The SMILES string of the molecule is N#Cc1ccc(NS(=O)(=O)c2c[nH]c3sc(Cl)cc23)c(F)c1. The molecule has 3 aromatic rings. The summed E-state index contributed by atoms with van der Waals surface area (Å²) < 4.78 is 41.2. The second-order valence-corrected chi connectivity index (χ2v) is 7.69. The van der Waals surface area contributed by atoms with Gasteiger partial charge in [-0.2, -0.15) is 5.26 Å². The summed E-state index contributed by atoms with van der Waals surface area (Å²) in [4.78, 5) is 3.41. The molecule has 0 unspecified atom stereocenters. The molecule has 0 radical (unpaired) electrons. The predicted octanol–water partition coefficient (Wildman–Crippen LogP) is 3.69. The fourth-order valence-electron chi connectivity index (χ4n) is 1.95. The first-order chi connectivity index (χ1) is 10.4. The number of nitrogens with one attached hydrogen (secondary N) is 2. The second kappa shape index (κ2) is 5.28. The highest BCUT2D eigenvalue weighted by Gasteiger charge is 2.22. The number of H-pyrrole nitrogens is 1. The van der Waals surface area contributed by atoms with Crippen LogP contribution in [0.5, 0.6) is 0 Å². The van der Waals surface area contributed by atoms with Crippen LogP contribution in [0, 0.1) is 17.1 Å². The van der Waals surface area contributed by atoms with Crippen LogP contribution in [-0.2, 0) is 10.0 Å². The summed E-state index contributed by atoms with van der Waals surface area (Å²) in [6.07, 6.45) is 1.32. The van der Waals surface area contributed by atoms with Crippen LogP contribution in [0.25, 0.3) is 10.2 Å². The molecular weight excluding hydrogens is 349 g/mol. The van der Waals surface area contributed by atoms with Crippen LogP contribution in [0.1, 0.15) is 5.56 Å². The van der Waals surface area contributed by atoms with Crippen molar-refractivity contribution in [1.29, 1.82) is 5.26 Å². The first-order valence-electron chi connectivity index (χ1n) is 5.89. The number of rotatable bonds is 3. The molecule has 0 saturated carbocycles. The zero-order valence-electron chi connectivity index (χ0n) is 10.7. The van der Waals surface area contributed by atoms with Crippen molar-refractivity contribution >= 4 is 48.9 Å². The number of benzene rings is 1. The molecule has 112 valence electrons. The van der Waals surface area contributed by atoms with E-state index < -0.39 is 15.8 Å². The number of aromatic nitrogens is 1. The molecule has 0 spiro atoms. The molecule has 1 aromatic carbocycles. The number of thiophene rings is 1. The van der Waals surface area contributed by atoms with Gasteiger partial charge in [-0.25, -0.2) is 12.8 Å². The van der Waals surface area contributed by atoms with Gasteiger partial charge in [0, 0.05) is 11.6 Å². The summed E-state index contributed by atoms with van der Waals surface area (Å²) >= 11 is 7.07. The van der Waals surface area contributed by atoms with Crippen molar-refractivity contribution in [2.24, 2.45) is 0 Å². The number of sulfonamides is 1. The minimum absolute atomic E-state index is 0.0191. The maximum Gasteiger partial charge on any atom is 0.264 e. The maximum atomic E-state index is 13.8. The van der Waals surface area contributed by atoms with Crippen molar-refractivity contribution in [2.45, 2.75) is 4.90 Å². The molecule has 5 nitrogen and oxygen atoms in total. The van der Waals surface area contributed by atoms with E-state index in [2.05, 4.69) is 9.71 Å². The highest BCUT2D eigenvalue weighted by Crippen LogP contribution is 2.34. The monoisotopic (exact) mass is 355 g/mol. The Kier molecular flexibility index (Phi) is 3.56. The van der Waals surface area contributed by atoms with Crippen LogP contribution in [0.15, 0.2) is 35.4 Å². The van der Waals surface area contributed by atoms with Crippen LogP contribution < -0.4 is 4.72 Å². The summed E-state index contributed by atoms with van der Waals surface area (Å²) in [6, 6.07) is 6.80. The van der Waals surface area contributed by atoms with Crippen molar-refractivity contribution in [2.75, 3.05) is 4.72 Å². The van der Waals surface area contributed by atoms with Crippen LogP contribution in [0.4, 0.5) is 10.1 Å². The molecule has 22 heavy (non-hydrogen) atoms. The number of hydrogen-bond donors (Lipinski definition) is 2. The third kappa shape index (κ3) is 2.54. The summed E-state index contributed by atoms with van der Waals surface area (Å²) in [5.74, 6) is -0.822. The van der Waals surface area contributed by atoms with Gasteiger partial charge in [0.2, 0.25) is 0 Å². The van der Waals surface area contributed by atoms with E-state index in [1.165, 1.54) is 35.7 Å². The quantitative estimate of drug-likeness (QED) is 0.751. The molecule has 3 rings (SSSR count). The van der Waals surface area contributed by atoms with Gasteiger partial charge in [0.15, 0.2) is 0 Å². The van der Waals surface area contributed by atoms with Crippen molar-refractivity contribution in [3.8, 4) is 6.07 Å². The second-order valence-electron chi connectivity index (χ2n) is 4.36. The molecule has 0 aliphatic carbocycles. The first kappa shape index (κ1) is 14.8. The average Bonchev–Trinajstić information content (AvgIpc) is 2.99. The van der Waals surface area contributed by atoms with Crippen molar-refractivity contribution in [3.63, 3.8) is 0 Å². The molecule has 0 aliphatic rings. The number of anilines is 1. The number of hydrogen-bond acceptors (Lipinski definition) is 4. The normalized spacial score (nSPS) is 11.5. The summed E-state index contributed by atoms with van der Waals surface area (Å²) in [7, 11) is -3.98. The third-order valence-electron chi connectivity index (χ3n) is 2.93. The predicted molar refractivity (Wildman–Crippen MR) is 83.1 cm³/mol. The summed E-state index contributed by atoms with van der Waals surface area (Å²) in [5, 5.41) is 9.13. The van der Waals surface area contributed by atoms with Crippen LogP contribution in [0.3, 0.4) is 0 Å². The van der Waals surface area contributed by atoms with Gasteiger partial charge in [-0.3, -0.25) is 4.72 Å². The van der Waals surface area contributed by atoms with E-state index in [-0.39, 0.29) is 16.1 Å². The van der Waals surface area contributed by atoms with Gasteiger partial charge in [-0.15, -0.1) is 11.3 Å². The molecule has 2 heterocycles. The number of nitrogens with zero attached hydrogens (tertiary/aromatic N) is 1. The molecule has 0 aliphatic heterocycles. The highest BCUT2D eigenvalue weighted by atomic mass is 35.5. The van der Waals surface area contributed by atoms with Gasteiger partial charge in [0.25, 0.3) is 10.0 Å². The van der Waals surface area contributed by atoms with Crippen molar-refractivity contribution in [1.82, 2.24) is 4.98 Å². The zero-order chi connectivity index (χ0) is 15.9. The van der Waals surface area contributed by atoms with Gasteiger partial charge >= 0.3 is 0 Å². The van der Waals surface area contributed by atoms with Crippen molar-refractivity contribution in [3.05, 3.63) is 46.2 Å². The summed E-state index contributed by atoms with van der Waals surface area (Å²) in [6.45, 7) is 0. The first-order valence-corrected chi connectivity index (χ1v) is 8.57. The Morgan fingerprint density at radius 2 is 2.14 bits per heavy atom. The largest absolute Gasteiger partial charge is 0.352 e. The highest BCUT2D eigenvalue weighted by molar-refractivity contribution is 7.93. The smallest absolute Gasteiger partial charge is 0.264 e. The third-order valence-corrected chi connectivity index (χ3v) is 5.53. The summed E-state index contributed by atoms with van der Waals surface area (Å²) in [5.41, 5.74) is -0.122. The fraction of sp³-hybridized carbons (Fsp3) is 0. The van der Waals surface area contributed by atoms with E-state index in [1.54, 1.807) is 6.07 Å². The van der Waals surface area contributed by atoms with Crippen LogP contribution in [-0.4, -0.2) is 13.4 Å². The van der Waals surface area contributed by atoms with Crippen LogP contribution in [0.2, 0.25) is 4.34 Å². The molecule has 0 bridgehead atoms. The average molecular weight is 356 g/mol. The van der Waals surface area contributed by atoms with E-state index in [4.69, 9.17) is 16.9 Å². The van der Waals surface area contributed by atoms with E-state index in [0.29, 0.717) is 14.6 Å². The lowest BCUT2D eigenvalue weighted by molar-refractivity contribution is 0.599. The topological polar surface area (TPSA) is 85.8 Å². The number of aromatic amines is 1. The minimum atomic E-state index is -3.98. The number of fused-ring (bicyclic) bond motifs is 1. The molecule has 0 saturated heterocycles. The Hall–Kier alpha value is -2.08. The van der Waals surface area contributed by atoms with E-state index in [9.17, 15) is 12.8 Å². The standard InChI is InChI=1S/C13H7ClFN3O2S2/c14-12-4-8-11(6-17-13(8)21-12)22(19,20)18-10-2-1-7(5-16)3-9(10)15/h1-4,6,17-18H. The molecule has 9 heteroatoms. The van der Waals surface area contributed by atoms with Gasteiger partial charge in [0.1, 0.15) is 15.5 Å². The van der Waals surface area contributed by atoms with Gasteiger partial charge < -0.3 is 4.98 Å². The van der Waals surface area contributed by atoms with Gasteiger partial charge in [-0.1, -0.05) is 11.6 Å². The van der Waals surface area contributed by atoms with E-state index in [0.717, 1.165) is 6.07 Å². The molecule has 2 aromatic heterocycles. The maximum absolute atomic E-state index is 13.8. The lowest BCUT2D eigenvalue weighted by Crippen LogP contribution is -2.13. The molecule has 2 N–H and O–H groups in total. The Morgan fingerprint density at radius 3 is 2.82 bits per heavy atom. The van der Waals surface area contributed by atoms with E-state index >= 15 is 0 Å². The Morgan fingerprint density at radius 1 is 1.36 bits per heavy atom. The van der Waals surface area contributed by atoms with Crippen LogP contribution >= 0.6 is 22.9 Å². The molecule has 0 atom stereocenters. The lowest BCUT2D eigenvalue weighted by atomic mass is 10.2. The Balaban J connectivity index is 2.02. The lowest BCUT2D eigenvalue weighted by Gasteiger charge is -2.08. The molecule has 0 fully saturated rings. The Labute approximate surface area is 134 Å².